The monoisotopic (exact) mass is 385 g/mol. The van der Waals surface area contributed by atoms with E-state index in [0.29, 0.717) is 30.2 Å². The van der Waals surface area contributed by atoms with Crippen molar-refractivity contribution in [2.75, 3.05) is 26.2 Å². The minimum absolute atomic E-state index is 0.0461. The summed E-state index contributed by atoms with van der Waals surface area (Å²) in [5, 5.41) is 0.443. The zero-order chi connectivity index (χ0) is 18.0. The van der Waals surface area contributed by atoms with Gasteiger partial charge in [-0.2, -0.15) is 4.31 Å². The number of nitrogens with one attached hydrogen (secondary N) is 1. The van der Waals surface area contributed by atoms with Crippen molar-refractivity contribution in [1.29, 1.82) is 0 Å². The topological polar surface area (TPSA) is 73.5 Å². The molecule has 1 aromatic heterocycles. The van der Waals surface area contributed by atoms with Gasteiger partial charge in [0.1, 0.15) is 11.5 Å². The van der Waals surface area contributed by atoms with Crippen LogP contribution in [0.1, 0.15) is 16.9 Å². The number of amides is 1. The van der Waals surface area contributed by atoms with Crippen LogP contribution in [0.15, 0.2) is 41.4 Å². The molecule has 1 aliphatic rings. The van der Waals surface area contributed by atoms with Crippen LogP contribution >= 0.6 is 11.6 Å². The Morgan fingerprint density at radius 2 is 1.84 bits per heavy atom. The van der Waals surface area contributed by atoms with E-state index < -0.39 is 15.8 Å². The number of rotatable bonds is 3. The van der Waals surface area contributed by atoms with Gasteiger partial charge in [0.25, 0.3) is 5.91 Å². The maximum absolute atomic E-state index is 13.0. The Kier molecular flexibility index (Phi) is 5.12. The van der Waals surface area contributed by atoms with Crippen molar-refractivity contribution in [2.24, 2.45) is 0 Å². The number of aromatic amines is 1. The van der Waals surface area contributed by atoms with Crippen molar-refractivity contribution >= 4 is 27.5 Å². The van der Waals surface area contributed by atoms with Gasteiger partial charge < -0.3 is 9.88 Å². The number of H-pyrrole nitrogens is 1. The molecule has 2 heterocycles. The van der Waals surface area contributed by atoms with Crippen molar-refractivity contribution in [3.05, 3.63) is 53.1 Å². The number of sulfonamides is 1. The highest BCUT2D eigenvalue weighted by atomic mass is 35.5. The van der Waals surface area contributed by atoms with Gasteiger partial charge in [0, 0.05) is 32.4 Å². The molecular formula is C16H17ClFN3O3S. The SMILES string of the molecule is O=C(c1cc(Cl)c[nH]1)N1CCCN(S(=O)(=O)c2ccc(F)cc2)CC1. The second-order valence-corrected chi connectivity index (χ2v) is 8.11. The number of nitrogens with zero attached hydrogens (tertiary/aromatic N) is 2. The minimum Gasteiger partial charge on any atom is -0.356 e. The molecule has 1 fully saturated rings. The van der Waals surface area contributed by atoms with Crippen LogP contribution < -0.4 is 0 Å². The molecule has 1 N–H and O–H groups in total. The van der Waals surface area contributed by atoms with Crippen molar-refractivity contribution in [1.82, 2.24) is 14.2 Å². The normalized spacial score (nSPS) is 16.6. The van der Waals surface area contributed by atoms with Crippen molar-refractivity contribution in [2.45, 2.75) is 11.3 Å². The fraction of sp³-hybridized carbons (Fsp3) is 0.312. The molecule has 0 unspecified atom stereocenters. The molecule has 0 aliphatic carbocycles. The Bertz CT molecular complexity index is 867. The molecule has 0 saturated carbocycles. The van der Waals surface area contributed by atoms with Crippen LogP contribution in [0, 0.1) is 5.82 Å². The number of benzene rings is 1. The van der Waals surface area contributed by atoms with Crippen LogP contribution in [0.3, 0.4) is 0 Å². The lowest BCUT2D eigenvalue weighted by molar-refractivity contribution is 0.0759. The van der Waals surface area contributed by atoms with Crippen molar-refractivity contribution < 1.29 is 17.6 Å². The molecule has 134 valence electrons. The summed E-state index contributed by atoms with van der Waals surface area (Å²) in [5.74, 6) is -0.705. The molecule has 9 heteroatoms. The van der Waals surface area contributed by atoms with Gasteiger partial charge in [-0.3, -0.25) is 4.79 Å². The Hall–Kier alpha value is -1.90. The summed E-state index contributed by atoms with van der Waals surface area (Å²) in [6.45, 7) is 1.20. The van der Waals surface area contributed by atoms with Crippen LogP contribution in [-0.2, 0) is 10.0 Å². The van der Waals surface area contributed by atoms with Gasteiger partial charge in [0.05, 0.1) is 9.92 Å². The van der Waals surface area contributed by atoms with Crippen LogP contribution in [-0.4, -0.2) is 54.7 Å². The average Bonchev–Trinajstić information content (AvgIpc) is 2.86. The predicted molar refractivity (Wildman–Crippen MR) is 91.5 cm³/mol. The summed E-state index contributed by atoms with van der Waals surface area (Å²) in [4.78, 5) is 16.9. The average molecular weight is 386 g/mol. The quantitative estimate of drug-likeness (QED) is 0.881. The molecule has 0 spiro atoms. The van der Waals surface area contributed by atoms with Crippen molar-refractivity contribution in [3.63, 3.8) is 0 Å². The molecule has 6 nitrogen and oxygen atoms in total. The molecule has 3 rings (SSSR count). The van der Waals surface area contributed by atoms with Crippen LogP contribution in [0.2, 0.25) is 5.02 Å². The van der Waals surface area contributed by atoms with Gasteiger partial charge >= 0.3 is 0 Å². The van der Waals surface area contributed by atoms with E-state index in [9.17, 15) is 17.6 Å². The maximum atomic E-state index is 13.0. The highest BCUT2D eigenvalue weighted by Crippen LogP contribution is 2.19. The third-order valence-electron chi connectivity index (χ3n) is 4.07. The molecule has 2 aromatic rings. The number of aromatic nitrogens is 1. The second-order valence-electron chi connectivity index (χ2n) is 5.74. The van der Waals surface area contributed by atoms with Crippen LogP contribution in [0.5, 0.6) is 0 Å². The third kappa shape index (κ3) is 3.86. The number of carbonyl (C=O) groups is 1. The van der Waals surface area contributed by atoms with Gasteiger partial charge in [-0.25, -0.2) is 12.8 Å². The summed E-state index contributed by atoms with van der Waals surface area (Å²) in [6.07, 6.45) is 2.04. The number of hydrogen-bond donors (Lipinski definition) is 1. The third-order valence-corrected chi connectivity index (χ3v) is 6.20. The first-order chi connectivity index (χ1) is 11.9. The Labute approximate surface area is 150 Å². The van der Waals surface area contributed by atoms with E-state index in [1.807, 2.05) is 0 Å². The summed E-state index contributed by atoms with van der Waals surface area (Å²) in [6, 6.07) is 6.28. The zero-order valence-electron chi connectivity index (χ0n) is 13.3. The molecular weight excluding hydrogens is 369 g/mol. The zero-order valence-corrected chi connectivity index (χ0v) is 14.9. The molecule has 1 aliphatic heterocycles. The van der Waals surface area contributed by atoms with E-state index >= 15 is 0 Å². The highest BCUT2D eigenvalue weighted by Gasteiger charge is 2.28. The van der Waals surface area contributed by atoms with Gasteiger partial charge in [-0.1, -0.05) is 11.6 Å². The lowest BCUT2D eigenvalue weighted by Crippen LogP contribution is -2.37. The Morgan fingerprint density at radius 3 is 2.48 bits per heavy atom. The number of carbonyl (C=O) groups excluding carboxylic acids is 1. The fourth-order valence-corrected chi connectivity index (χ4v) is 4.39. The van der Waals surface area contributed by atoms with E-state index in [1.54, 1.807) is 11.0 Å². The summed E-state index contributed by atoms with van der Waals surface area (Å²) >= 11 is 5.82. The van der Waals surface area contributed by atoms with Crippen LogP contribution in [0.25, 0.3) is 0 Å². The largest absolute Gasteiger partial charge is 0.356 e. The van der Waals surface area contributed by atoms with E-state index in [1.165, 1.54) is 22.6 Å². The van der Waals surface area contributed by atoms with E-state index in [2.05, 4.69) is 4.98 Å². The molecule has 25 heavy (non-hydrogen) atoms. The number of hydrogen-bond acceptors (Lipinski definition) is 3. The Morgan fingerprint density at radius 1 is 1.12 bits per heavy atom. The molecule has 1 amide bonds. The van der Waals surface area contributed by atoms with Crippen LogP contribution in [0.4, 0.5) is 4.39 Å². The van der Waals surface area contributed by atoms with E-state index in [4.69, 9.17) is 11.6 Å². The summed E-state index contributed by atoms with van der Waals surface area (Å²) < 4.78 is 39.7. The fourth-order valence-electron chi connectivity index (χ4n) is 2.75. The van der Waals surface area contributed by atoms with Crippen molar-refractivity contribution in [3.8, 4) is 0 Å². The first-order valence-corrected chi connectivity index (χ1v) is 9.58. The van der Waals surface area contributed by atoms with E-state index in [-0.39, 0.29) is 23.9 Å². The lowest BCUT2D eigenvalue weighted by atomic mass is 10.3. The predicted octanol–water partition coefficient (Wildman–Crippen LogP) is 2.34. The minimum atomic E-state index is -3.71. The second kappa shape index (κ2) is 7.15. The summed E-state index contributed by atoms with van der Waals surface area (Å²) in [5.41, 5.74) is 0.375. The first kappa shape index (κ1) is 17.9. The van der Waals surface area contributed by atoms with Gasteiger partial charge in [0.15, 0.2) is 0 Å². The summed E-state index contributed by atoms with van der Waals surface area (Å²) in [7, 11) is -3.71. The molecule has 1 saturated heterocycles. The number of halogens is 2. The molecule has 0 radical (unpaired) electrons. The lowest BCUT2D eigenvalue weighted by Gasteiger charge is -2.21. The van der Waals surface area contributed by atoms with Gasteiger partial charge in [0.2, 0.25) is 10.0 Å². The molecule has 0 atom stereocenters. The standard InChI is InChI=1S/C16H17ClFN3O3S/c17-12-10-15(19-11-12)16(22)20-6-1-7-21(9-8-20)25(23,24)14-4-2-13(18)3-5-14/h2-5,10-11,19H,1,6-9H2. The van der Waals surface area contributed by atoms with Gasteiger partial charge in [-0.05, 0) is 36.8 Å². The van der Waals surface area contributed by atoms with E-state index in [0.717, 1.165) is 12.1 Å². The first-order valence-electron chi connectivity index (χ1n) is 7.77. The molecule has 1 aromatic carbocycles. The highest BCUT2D eigenvalue weighted by molar-refractivity contribution is 7.89. The molecule has 0 bridgehead atoms. The maximum Gasteiger partial charge on any atom is 0.270 e. The Balaban J connectivity index is 1.73. The van der Waals surface area contributed by atoms with Gasteiger partial charge in [-0.15, -0.1) is 0 Å². The smallest absolute Gasteiger partial charge is 0.270 e.